The fourth-order valence-electron chi connectivity index (χ4n) is 1.35. The zero-order valence-corrected chi connectivity index (χ0v) is 10.4. The van der Waals surface area contributed by atoms with Crippen molar-refractivity contribution < 1.29 is 4.74 Å². The molecule has 0 bridgehead atoms. The predicted molar refractivity (Wildman–Crippen MR) is 67.4 cm³/mol. The van der Waals surface area contributed by atoms with Gasteiger partial charge in [0, 0.05) is 9.60 Å². The smallest absolute Gasteiger partial charge is 0.120 e. The van der Waals surface area contributed by atoms with Crippen molar-refractivity contribution in [2.75, 3.05) is 13.4 Å². The Morgan fingerprint density at radius 1 is 1.36 bits per heavy atom. The second-order valence-electron chi connectivity index (χ2n) is 2.83. The molecule has 2 rings (SSSR count). The van der Waals surface area contributed by atoms with Gasteiger partial charge in [-0.05, 0) is 29.8 Å². The van der Waals surface area contributed by atoms with Crippen LogP contribution in [0.3, 0.4) is 0 Å². The fraction of sp³-hybridized carbons (Fsp3) is 0.200. The van der Waals surface area contributed by atoms with Gasteiger partial charge < -0.3 is 4.74 Å². The van der Waals surface area contributed by atoms with Crippen molar-refractivity contribution in [1.29, 1.82) is 0 Å². The molecule has 0 amide bonds. The summed E-state index contributed by atoms with van der Waals surface area (Å²) in [6.45, 7) is 0. The summed E-state index contributed by atoms with van der Waals surface area (Å²) in [5.41, 5.74) is 0. The van der Waals surface area contributed by atoms with Gasteiger partial charge in [0.2, 0.25) is 0 Å². The molecule has 0 aliphatic heterocycles. The molecular formula is C10H10OS3. The Bertz CT molecular complexity index is 462. The third-order valence-electron chi connectivity index (χ3n) is 2.00. The van der Waals surface area contributed by atoms with Crippen molar-refractivity contribution in [1.82, 2.24) is 0 Å². The van der Waals surface area contributed by atoms with Crippen LogP contribution in [0.25, 0.3) is 10.1 Å². The molecule has 0 fully saturated rings. The van der Waals surface area contributed by atoms with Crippen LogP contribution >= 0.6 is 35.7 Å². The molecule has 0 aliphatic rings. The predicted octanol–water partition coefficient (Wildman–Crippen LogP) is 3.92. The Morgan fingerprint density at radius 2 is 2.14 bits per heavy atom. The number of rotatable bonds is 2. The highest BCUT2D eigenvalue weighted by molar-refractivity contribution is 7.99. The molecular weight excluding hydrogens is 232 g/mol. The quantitative estimate of drug-likeness (QED) is 0.631. The van der Waals surface area contributed by atoms with E-state index in [2.05, 4.69) is 31.0 Å². The molecule has 1 nitrogen and oxygen atoms in total. The lowest BCUT2D eigenvalue weighted by Crippen LogP contribution is -1.82. The van der Waals surface area contributed by atoms with Crippen molar-refractivity contribution in [3.63, 3.8) is 0 Å². The van der Waals surface area contributed by atoms with E-state index >= 15 is 0 Å². The highest BCUT2D eigenvalue weighted by atomic mass is 32.2. The van der Waals surface area contributed by atoms with Gasteiger partial charge in [0.15, 0.2) is 0 Å². The lowest BCUT2D eigenvalue weighted by atomic mass is 10.2. The molecule has 0 radical (unpaired) electrons. The van der Waals surface area contributed by atoms with Gasteiger partial charge in [0.1, 0.15) is 5.75 Å². The summed E-state index contributed by atoms with van der Waals surface area (Å²) in [6.07, 6.45) is 2.08. The summed E-state index contributed by atoms with van der Waals surface area (Å²) < 4.78 is 7.58. The van der Waals surface area contributed by atoms with Gasteiger partial charge in [-0.25, -0.2) is 0 Å². The maximum absolute atomic E-state index is 5.24. The monoisotopic (exact) mass is 242 g/mol. The number of thiophene rings is 1. The first kappa shape index (κ1) is 10.2. The number of hydrogen-bond donors (Lipinski definition) is 1. The van der Waals surface area contributed by atoms with Gasteiger partial charge in [-0.1, -0.05) is 0 Å². The first-order valence-electron chi connectivity index (χ1n) is 4.09. The first-order valence-corrected chi connectivity index (χ1v) is 6.58. The Kier molecular flexibility index (Phi) is 2.95. The van der Waals surface area contributed by atoms with Crippen molar-refractivity contribution in [3.8, 4) is 5.75 Å². The minimum absolute atomic E-state index is 0.910. The molecule has 0 N–H and O–H groups in total. The number of benzene rings is 1. The van der Waals surface area contributed by atoms with Gasteiger partial charge in [-0.15, -0.1) is 35.7 Å². The van der Waals surface area contributed by atoms with Crippen LogP contribution in [-0.2, 0) is 0 Å². The number of thiol groups is 1. The van der Waals surface area contributed by atoms with E-state index in [9.17, 15) is 0 Å². The second-order valence-corrected chi connectivity index (χ2v) is 5.52. The van der Waals surface area contributed by atoms with Crippen LogP contribution in [0.2, 0.25) is 0 Å². The van der Waals surface area contributed by atoms with Crippen LogP contribution in [0.4, 0.5) is 0 Å². The molecule has 1 aromatic heterocycles. The fourth-order valence-corrected chi connectivity index (χ4v) is 3.47. The highest BCUT2D eigenvalue weighted by Gasteiger charge is 2.06. The Morgan fingerprint density at radius 3 is 2.79 bits per heavy atom. The Balaban J connectivity index is 2.72. The minimum Gasteiger partial charge on any atom is -0.497 e. The van der Waals surface area contributed by atoms with Crippen LogP contribution in [0, 0.1) is 0 Å². The standard InChI is InChI=1S/C10H10OS3/c1-11-7-3-6-4-9(12)14-10(6)8(5-7)13-2/h3-5,12H,1-2H3. The van der Waals surface area contributed by atoms with Gasteiger partial charge in [-0.3, -0.25) is 0 Å². The molecule has 1 aromatic carbocycles. The molecule has 14 heavy (non-hydrogen) atoms. The van der Waals surface area contributed by atoms with Crippen LogP contribution in [-0.4, -0.2) is 13.4 Å². The maximum Gasteiger partial charge on any atom is 0.120 e. The van der Waals surface area contributed by atoms with Crippen LogP contribution in [0.5, 0.6) is 5.75 Å². The zero-order valence-electron chi connectivity index (χ0n) is 7.90. The molecule has 1 heterocycles. The summed E-state index contributed by atoms with van der Waals surface area (Å²) in [7, 11) is 1.69. The van der Waals surface area contributed by atoms with Gasteiger partial charge in [0.25, 0.3) is 0 Å². The summed E-state index contributed by atoms with van der Waals surface area (Å²) >= 11 is 7.81. The summed E-state index contributed by atoms with van der Waals surface area (Å²) in [4.78, 5) is 1.25. The molecule has 0 saturated heterocycles. The third kappa shape index (κ3) is 1.74. The van der Waals surface area contributed by atoms with Crippen LogP contribution in [0.15, 0.2) is 27.3 Å². The number of thioether (sulfide) groups is 1. The van der Waals surface area contributed by atoms with Crippen molar-refractivity contribution in [3.05, 3.63) is 18.2 Å². The van der Waals surface area contributed by atoms with Crippen molar-refractivity contribution >= 4 is 45.8 Å². The van der Waals surface area contributed by atoms with E-state index in [-0.39, 0.29) is 0 Å². The largest absolute Gasteiger partial charge is 0.497 e. The van der Waals surface area contributed by atoms with E-state index in [0.29, 0.717) is 0 Å². The van der Waals surface area contributed by atoms with Crippen LogP contribution in [0.1, 0.15) is 0 Å². The number of fused-ring (bicyclic) bond motifs is 1. The van der Waals surface area contributed by atoms with E-state index in [1.807, 2.05) is 6.07 Å². The molecule has 74 valence electrons. The Labute approximate surface area is 96.9 Å². The average molecular weight is 242 g/mol. The van der Waals surface area contributed by atoms with Gasteiger partial charge in [0.05, 0.1) is 11.3 Å². The highest BCUT2D eigenvalue weighted by Crippen LogP contribution is 2.37. The molecule has 4 heteroatoms. The number of hydrogen-bond acceptors (Lipinski definition) is 4. The average Bonchev–Trinajstić information content (AvgIpc) is 2.56. The van der Waals surface area contributed by atoms with Gasteiger partial charge in [-0.2, -0.15) is 0 Å². The molecule has 0 spiro atoms. The Hall–Kier alpha value is -0.320. The first-order chi connectivity index (χ1) is 6.74. The molecule has 0 saturated carbocycles. The topological polar surface area (TPSA) is 9.23 Å². The molecule has 2 aromatic rings. The molecule has 0 atom stereocenters. The third-order valence-corrected chi connectivity index (χ3v) is 4.28. The normalized spacial score (nSPS) is 10.8. The van der Waals surface area contributed by atoms with E-state index in [1.165, 1.54) is 15.0 Å². The van der Waals surface area contributed by atoms with E-state index in [4.69, 9.17) is 4.74 Å². The van der Waals surface area contributed by atoms with E-state index in [1.54, 1.807) is 30.2 Å². The molecule has 0 unspecified atom stereocenters. The second kappa shape index (κ2) is 4.04. The maximum atomic E-state index is 5.24. The SMILES string of the molecule is COc1cc(SC)c2sc(S)cc2c1. The summed E-state index contributed by atoms with van der Waals surface area (Å²) in [6, 6.07) is 6.19. The van der Waals surface area contributed by atoms with E-state index in [0.717, 1.165) is 9.96 Å². The lowest BCUT2D eigenvalue weighted by Gasteiger charge is -2.03. The minimum atomic E-state index is 0.910. The van der Waals surface area contributed by atoms with E-state index < -0.39 is 0 Å². The van der Waals surface area contributed by atoms with Crippen molar-refractivity contribution in [2.45, 2.75) is 9.10 Å². The lowest BCUT2D eigenvalue weighted by molar-refractivity contribution is 0.414. The summed E-state index contributed by atoms with van der Waals surface area (Å²) in [5.74, 6) is 0.910. The van der Waals surface area contributed by atoms with Crippen LogP contribution < -0.4 is 4.74 Å². The number of methoxy groups -OCH3 is 1. The van der Waals surface area contributed by atoms with Crippen molar-refractivity contribution in [2.24, 2.45) is 0 Å². The zero-order chi connectivity index (χ0) is 10.1. The summed E-state index contributed by atoms with van der Waals surface area (Å²) in [5, 5.41) is 1.21. The number of ether oxygens (including phenoxy) is 1. The van der Waals surface area contributed by atoms with Gasteiger partial charge >= 0.3 is 0 Å². The molecule has 0 aliphatic carbocycles.